The molecule has 1 aromatic carbocycles. The molecule has 2 heterocycles. The lowest BCUT2D eigenvalue weighted by Crippen LogP contribution is -2.36. The van der Waals surface area contributed by atoms with Crippen LogP contribution in [-0.2, 0) is 19.6 Å². The van der Waals surface area contributed by atoms with E-state index < -0.39 is 27.8 Å². The van der Waals surface area contributed by atoms with Gasteiger partial charge >= 0.3 is 5.97 Å². The number of carbonyl (C=O) groups excluding carboxylic acids is 2. The summed E-state index contributed by atoms with van der Waals surface area (Å²) >= 11 is 0. The second-order valence-corrected chi connectivity index (χ2v) is 8.39. The quantitative estimate of drug-likeness (QED) is 0.745. The van der Waals surface area contributed by atoms with E-state index in [4.69, 9.17) is 9.84 Å². The predicted octanol–water partition coefficient (Wildman–Crippen LogP) is 0.557. The maximum atomic E-state index is 12.8. The summed E-state index contributed by atoms with van der Waals surface area (Å²) in [5.41, 5.74) is 0.106. The highest BCUT2D eigenvalue weighted by atomic mass is 32.2. The summed E-state index contributed by atoms with van der Waals surface area (Å²) in [4.78, 5) is 36.6. The lowest BCUT2D eigenvalue weighted by Gasteiger charge is -2.19. The Morgan fingerprint density at radius 2 is 2.11 bits per heavy atom. The van der Waals surface area contributed by atoms with Crippen molar-refractivity contribution in [3.8, 4) is 0 Å². The van der Waals surface area contributed by atoms with E-state index in [2.05, 4.69) is 0 Å². The third kappa shape index (κ3) is 3.67. The molecule has 0 saturated carbocycles. The molecule has 0 bridgehead atoms. The van der Waals surface area contributed by atoms with Crippen molar-refractivity contribution in [3.63, 3.8) is 0 Å². The van der Waals surface area contributed by atoms with E-state index in [1.54, 1.807) is 0 Å². The lowest BCUT2D eigenvalue weighted by molar-refractivity contribution is -0.137. The predicted molar refractivity (Wildman–Crippen MR) is 92.9 cm³/mol. The number of hydrogen-bond donors (Lipinski definition) is 1. The van der Waals surface area contributed by atoms with Crippen LogP contribution in [0.15, 0.2) is 23.1 Å². The van der Waals surface area contributed by atoms with Gasteiger partial charge in [-0.2, -0.15) is 0 Å². The number of sulfonamides is 1. The molecule has 9 nitrogen and oxygen atoms in total. The Morgan fingerprint density at radius 1 is 1.37 bits per heavy atom. The number of aliphatic carboxylic acids is 1. The van der Waals surface area contributed by atoms with Crippen LogP contribution in [0.5, 0.6) is 0 Å². The van der Waals surface area contributed by atoms with Crippen LogP contribution < -0.4 is 0 Å². The van der Waals surface area contributed by atoms with E-state index in [0.29, 0.717) is 13.0 Å². The van der Waals surface area contributed by atoms with Crippen molar-refractivity contribution in [2.24, 2.45) is 0 Å². The van der Waals surface area contributed by atoms with Gasteiger partial charge in [0.25, 0.3) is 21.8 Å². The molecule has 1 unspecified atom stereocenters. The van der Waals surface area contributed by atoms with Crippen LogP contribution in [0.2, 0.25) is 0 Å². The standard InChI is InChI=1S/C17H20N2O7S/c1-18(7-6-15(20)21)16(22)11-4-5-13-14(9-11)27(24,25)19(17(13)23)10-12-3-2-8-26-12/h4-5,9,12H,2-3,6-8,10H2,1H3,(H,20,21). The molecule has 146 valence electrons. The van der Waals surface area contributed by atoms with Crippen LogP contribution >= 0.6 is 0 Å². The van der Waals surface area contributed by atoms with Gasteiger partial charge in [0, 0.05) is 25.8 Å². The zero-order valence-corrected chi connectivity index (χ0v) is 15.6. The van der Waals surface area contributed by atoms with Gasteiger partial charge in [0.15, 0.2) is 0 Å². The van der Waals surface area contributed by atoms with Crippen molar-refractivity contribution in [1.29, 1.82) is 0 Å². The average Bonchev–Trinajstić information content (AvgIpc) is 3.21. The van der Waals surface area contributed by atoms with Crippen LogP contribution in [0.3, 0.4) is 0 Å². The molecule has 1 aromatic rings. The van der Waals surface area contributed by atoms with Gasteiger partial charge in [-0.25, -0.2) is 12.7 Å². The van der Waals surface area contributed by atoms with Crippen LogP contribution in [0.4, 0.5) is 0 Å². The number of amides is 2. The highest BCUT2D eigenvalue weighted by molar-refractivity contribution is 7.90. The first-order valence-electron chi connectivity index (χ1n) is 8.52. The Hall–Kier alpha value is -2.46. The maximum absolute atomic E-state index is 12.8. The van der Waals surface area contributed by atoms with Gasteiger partial charge in [0.1, 0.15) is 4.90 Å². The molecule has 2 amide bonds. The highest BCUT2D eigenvalue weighted by Gasteiger charge is 2.43. The van der Waals surface area contributed by atoms with Crippen LogP contribution in [0, 0.1) is 0 Å². The number of carboxylic acid groups (broad SMARTS) is 1. The Labute approximate surface area is 156 Å². The van der Waals surface area contributed by atoms with Crippen molar-refractivity contribution in [3.05, 3.63) is 29.3 Å². The molecule has 0 aromatic heterocycles. The summed E-state index contributed by atoms with van der Waals surface area (Å²) in [5, 5.41) is 8.72. The second kappa shape index (κ2) is 7.28. The fourth-order valence-electron chi connectivity index (χ4n) is 3.15. The maximum Gasteiger partial charge on any atom is 0.305 e. The topological polar surface area (TPSA) is 121 Å². The van der Waals surface area contributed by atoms with Gasteiger partial charge in [-0.15, -0.1) is 0 Å². The molecule has 0 radical (unpaired) electrons. The smallest absolute Gasteiger partial charge is 0.305 e. The molecule has 0 spiro atoms. The van der Waals surface area contributed by atoms with E-state index in [-0.39, 0.29) is 41.6 Å². The first kappa shape index (κ1) is 19.3. The van der Waals surface area contributed by atoms with Gasteiger partial charge in [-0.05, 0) is 31.0 Å². The first-order valence-corrected chi connectivity index (χ1v) is 9.96. The van der Waals surface area contributed by atoms with Gasteiger partial charge in [-0.3, -0.25) is 14.4 Å². The van der Waals surface area contributed by atoms with Crippen molar-refractivity contribution < 1.29 is 32.6 Å². The largest absolute Gasteiger partial charge is 0.481 e. The highest BCUT2D eigenvalue weighted by Crippen LogP contribution is 2.32. The normalized spacial score (nSPS) is 20.6. The zero-order valence-electron chi connectivity index (χ0n) is 14.8. The zero-order chi connectivity index (χ0) is 19.8. The Kier molecular flexibility index (Phi) is 5.20. The van der Waals surface area contributed by atoms with E-state index in [0.717, 1.165) is 10.7 Å². The number of nitrogens with zero attached hydrogens (tertiary/aromatic N) is 2. The number of hydrogen-bond acceptors (Lipinski definition) is 6. The van der Waals surface area contributed by atoms with Gasteiger partial charge in [0.2, 0.25) is 0 Å². The molecular formula is C17H20N2O7S. The first-order chi connectivity index (χ1) is 12.7. The van der Waals surface area contributed by atoms with E-state index in [1.807, 2.05) is 0 Å². The number of ether oxygens (including phenoxy) is 1. The molecule has 27 heavy (non-hydrogen) atoms. The molecule has 1 saturated heterocycles. The lowest BCUT2D eigenvalue weighted by atomic mass is 10.1. The Balaban J connectivity index is 1.84. The average molecular weight is 396 g/mol. The monoisotopic (exact) mass is 396 g/mol. The van der Waals surface area contributed by atoms with Crippen LogP contribution in [0.25, 0.3) is 0 Å². The molecule has 1 fully saturated rings. The number of rotatable bonds is 6. The molecule has 10 heteroatoms. The molecule has 1 N–H and O–H groups in total. The molecule has 2 aliphatic heterocycles. The number of carbonyl (C=O) groups is 3. The minimum Gasteiger partial charge on any atom is -0.481 e. The third-order valence-electron chi connectivity index (χ3n) is 4.65. The summed E-state index contributed by atoms with van der Waals surface area (Å²) in [5.74, 6) is -2.18. The van der Waals surface area contributed by atoms with Crippen LogP contribution in [-0.4, -0.2) is 73.4 Å². The number of benzene rings is 1. The molecule has 3 rings (SSSR count). The van der Waals surface area contributed by atoms with Crippen molar-refractivity contribution in [2.75, 3.05) is 26.7 Å². The van der Waals surface area contributed by atoms with Crippen molar-refractivity contribution in [1.82, 2.24) is 9.21 Å². The van der Waals surface area contributed by atoms with Gasteiger partial charge < -0.3 is 14.7 Å². The summed E-state index contributed by atoms with van der Waals surface area (Å²) in [6.07, 6.45) is 0.967. The van der Waals surface area contributed by atoms with E-state index in [1.165, 1.54) is 30.1 Å². The Bertz CT molecular complexity index is 891. The summed E-state index contributed by atoms with van der Waals surface area (Å²) in [6, 6.07) is 3.88. The minimum absolute atomic E-state index is 0.0118. The van der Waals surface area contributed by atoms with Gasteiger partial charge in [0.05, 0.1) is 24.6 Å². The van der Waals surface area contributed by atoms with Crippen molar-refractivity contribution in [2.45, 2.75) is 30.3 Å². The number of carboxylic acids is 1. The van der Waals surface area contributed by atoms with E-state index >= 15 is 0 Å². The van der Waals surface area contributed by atoms with Gasteiger partial charge in [-0.1, -0.05) is 0 Å². The fraction of sp³-hybridized carbons (Fsp3) is 0.471. The summed E-state index contributed by atoms with van der Waals surface area (Å²) in [6.45, 7) is 0.487. The molecule has 2 aliphatic rings. The molecule has 0 aliphatic carbocycles. The number of fused-ring (bicyclic) bond motifs is 1. The molecular weight excluding hydrogens is 376 g/mol. The Morgan fingerprint density at radius 3 is 2.74 bits per heavy atom. The SMILES string of the molecule is CN(CCC(=O)O)C(=O)c1ccc2c(c1)S(=O)(=O)N(CC1CCCO1)C2=O. The third-order valence-corrected chi connectivity index (χ3v) is 6.44. The summed E-state index contributed by atoms with van der Waals surface area (Å²) < 4.78 is 31.8. The summed E-state index contributed by atoms with van der Waals surface area (Å²) in [7, 11) is -2.62. The van der Waals surface area contributed by atoms with Crippen molar-refractivity contribution >= 4 is 27.8 Å². The molecule has 1 atom stereocenters. The van der Waals surface area contributed by atoms with E-state index in [9.17, 15) is 22.8 Å². The minimum atomic E-state index is -4.05. The fourth-order valence-corrected chi connectivity index (χ4v) is 4.77. The van der Waals surface area contributed by atoms with Crippen LogP contribution in [0.1, 0.15) is 40.0 Å². The second-order valence-electron chi connectivity index (χ2n) is 6.56.